The van der Waals surface area contributed by atoms with Gasteiger partial charge in [0.1, 0.15) is 25.3 Å². The number of esters is 6. The number of rotatable bonds is 18. The van der Waals surface area contributed by atoms with Crippen molar-refractivity contribution in [2.45, 2.75) is 173 Å². The highest BCUT2D eigenvalue weighted by Gasteiger charge is 2.53. The molecule has 0 saturated carbocycles. The zero-order valence-electron chi connectivity index (χ0n) is 36.7. The van der Waals surface area contributed by atoms with Gasteiger partial charge in [-0.25, -0.2) is 0 Å². The lowest BCUT2D eigenvalue weighted by molar-refractivity contribution is -0.961. The number of hydrogen-bond donors (Lipinski definition) is 0. The second-order valence-electron chi connectivity index (χ2n) is 17.7. The van der Waals surface area contributed by atoms with Gasteiger partial charge in [-0.3, -0.25) is 28.8 Å². The average molecular weight is 849 g/mol. The molecule has 14 nitrogen and oxygen atoms in total. The van der Waals surface area contributed by atoms with Crippen molar-refractivity contribution in [3.05, 3.63) is 47.5 Å². The maximum absolute atomic E-state index is 13.0. The van der Waals surface area contributed by atoms with Gasteiger partial charge in [-0.2, -0.15) is 0 Å². The predicted octanol–water partition coefficient (Wildman–Crippen LogP) is 7.19. The normalized spacial score (nSPS) is 27.4. The van der Waals surface area contributed by atoms with Crippen molar-refractivity contribution in [1.29, 1.82) is 0 Å². The Kier molecular flexibility index (Phi) is 14.9. The SMILES string of the molecule is CCC(=O)Oc1ccc(C[N+]2(C)C3CCC2CC(OC(=O)CCCC(=O)OC2CC4CCC(C2)[N+]4(C)Cc2ccc(OC(=O)CC)c(OC(=O)CC)c2)C3)cc1OC(=O)CC. The van der Waals surface area contributed by atoms with Gasteiger partial charge in [0.2, 0.25) is 0 Å². The monoisotopic (exact) mass is 848 g/mol. The van der Waals surface area contributed by atoms with Gasteiger partial charge in [0.15, 0.2) is 23.0 Å². The molecule has 4 aliphatic rings. The van der Waals surface area contributed by atoms with E-state index >= 15 is 0 Å². The lowest BCUT2D eigenvalue weighted by Gasteiger charge is -2.47. The highest BCUT2D eigenvalue weighted by Crippen LogP contribution is 2.46. The van der Waals surface area contributed by atoms with Crippen molar-refractivity contribution >= 4 is 35.8 Å². The molecular formula is C47H64N2O12+2. The molecule has 0 spiro atoms. The van der Waals surface area contributed by atoms with Crippen molar-refractivity contribution in [2.75, 3.05) is 14.1 Å². The molecule has 4 saturated heterocycles. The van der Waals surface area contributed by atoms with E-state index in [1.54, 1.807) is 52.0 Å². The first-order valence-electron chi connectivity index (χ1n) is 22.3. The molecular weight excluding hydrogens is 785 g/mol. The van der Waals surface area contributed by atoms with E-state index in [0.29, 0.717) is 19.5 Å². The molecule has 4 bridgehead atoms. The van der Waals surface area contributed by atoms with Crippen LogP contribution in [0.2, 0.25) is 0 Å². The van der Waals surface area contributed by atoms with E-state index in [9.17, 15) is 28.8 Å². The summed E-state index contributed by atoms with van der Waals surface area (Å²) in [7, 11) is 4.48. The van der Waals surface area contributed by atoms with Crippen LogP contribution in [0.4, 0.5) is 0 Å². The number of hydrogen-bond acceptors (Lipinski definition) is 12. The smallest absolute Gasteiger partial charge is 0.311 e. The summed E-state index contributed by atoms with van der Waals surface area (Å²) >= 11 is 0. The number of nitrogens with zero attached hydrogens (tertiary/aromatic N) is 2. The highest BCUT2D eigenvalue weighted by atomic mass is 16.6. The Balaban J connectivity index is 0.953. The van der Waals surface area contributed by atoms with Crippen molar-refractivity contribution < 1.29 is 66.2 Å². The molecule has 0 radical (unpaired) electrons. The van der Waals surface area contributed by atoms with Crippen molar-refractivity contribution in [1.82, 2.24) is 0 Å². The van der Waals surface area contributed by atoms with Gasteiger partial charge in [0.05, 0.1) is 38.3 Å². The number of fused-ring (bicyclic) bond motifs is 4. The Morgan fingerprint density at radius 3 is 1.10 bits per heavy atom. The molecule has 0 N–H and O–H groups in total. The number of ether oxygens (including phenoxy) is 6. The van der Waals surface area contributed by atoms with Crippen molar-refractivity contribution in [3.63, 3.8) is 0 Å². The fourth-order valence-corrected chi connectivity index (χ4v) is 10.2. The van der Waals surface area contributed by atoms with Gasteiger partial charge in [0.25, 0.3) is 0 Å². The Labute approximate surface area is 359 Å². The zero-order valence-corrected chi connectivity index (χ0v) is 36.7. The topological polar surface area (TPSA) is 158 Å². The van der Waals surface area contributed by atoms with E-state index in [0.717, 1.165) is 71.5 Å². The lowest BCUT2D eigenvalue weighted by atomic mass is 9.95. The molecule has 61 heavy (non-hydrogen) atoms. The third-order valence-electron chi connectivity index (χ3n) is 13.6. The van der Waals surface area contributed by atoms with Gasteiger partial charge < -0.3 is 37.4 Å². The van der Waals surface area contributed by atoms with Crippen molar-refractivity contribution in [2.24, 2.45) is 0 Å². The summed E-state index contributed by atoms with van der Waals surface area (Å²) in [4.78, 5) is 74.4. The van der Waals surface area contributed by atoms with Crippen LogP contribution in [0, 0.1) is 0 Å². The standard InChI is InChI=1S/C47H64N2O12/c1-7-42(50)58-38-20-14-30(22-40(38)60-44(52)9-3)28-48(5)32-16-17-33(48)25-36(24-32)56-46(54)12-11-13-47(55)57-37-26-34-18-19-35(27-37)49(34,6)29-31-15-21-39(59-43(51)8-2)41(23-31)61-45(53)10-4/h14-15,20-23,32-37H,7-13,16-19,24-29H2,1-6H3/q+2. The van der Waals surface area contributed by atoms with E-state index in [2.05, 4.69) is 14.1 Å². The molecule has 332 valence electrons. The van der Waals surface area contributed by atoms with Crippen LogP contribution in [0.1, 0.15) is 135 Å². The first-order chi connectivity index (χ1) is 29.2. The molecule has 4 heterocycles. The number of quaternary nitrogens is 2. The second kappa shape index (κ2) is 19.9. The summed E-state index contributed by atoms with van der Waals surface area (Å²) in [6.07, 6.45) is 8.18. The summed E-state index contributed by atoms with van der Waals surface area (Å²) in [6.45, 7) is 8.23. The van der Waals surface area contributed by atoms with Gasteiger partial charge >= 0.3 is 35.8 Å². The lowest BCUT2D eigenvalue weighted by Crippen LogP contribution is -2.58. The molecule has 2 aromatic rings. The molecule has 4 aliphatic heterocycles. The first kappa shape index (κ1) is 45.7. The number of carbonyl (C=O) groups is 6. The van der Waals surface area contributed by atoms with Crippen LogP contribution in [0.5, 0.6) is 23.0 Å². The van der Waals surface area contributed by atoms with Gasteiger partial charge in [-0.05, 0) is 42.8 Å². The molecule has 6 rings (SSSR count). The minimum Gasteiger partial charge on any atom is -0.462 e. The molecule has 14 heteroatoms. The highest BCUT2D eigenvalue weighted by molar-refractivity contribution is 5.77. The molecule has 4 atom stereocenters. The van der Waals surface area contributed by atoms with Crippen LogP contribution in [-0.2, 0) is 51.3 Å². The van der Waals surface area contributed by atoms with Gasteiger partial charge in [-0.1, -0.05) is 27.7 Å². The van der Waals surface area contributed by atoms with E-state index in [4.69, 9.17) is 28.4 Å². The third kappa shape index (κ3) is 11.0. The van der Waals surface area contributed by atoms with E-state index in [1.807, 2.05) is 12.1 Å². The minimum atomic E-state index is -0.408. The van der Waals surface area contributed by atoms with E-state index < -0.39 is 23.9 Å². The molecule has 4 unspecified atom stereocenters. The van der Waals surface area contributed by atoms with Gasteiger partial charge in [0, 0.05) is 101 Å². The summed E-state index contributed by atoms with van der Waals surface area (Å²) < 4.78 is 35.5. The van der Waals surface area contributed by atoms with E-state index in [-0.39, 0.29) is 110 Å². The summed E-state index contributed by atoms with van der Waals surface area (Å²) in [5.41, 5.74) is 1.94. The Bertz CT molecular complexity index is 1800. The zero-order chi connectivity index (χ0) is 43.9. The number of benzene rings is 2. The van der Waals surface area contributed by atoms with Crippen LogP contribution < -0.4 is 18.9 Å². The maximum atomic E-state index is 13.0. The van der Waals surface area contributed by atoms with Crippen LogP contribution in [0.25, 0.3) is 0 Å². The fourth-order valence-electron chi connectivity index (χ4n) is 10.2. The quantitative estimate of drug-likeness (QED) is 0.0847. The van der Waals surface area contributed by atoms with Crippen LogP contribution in [0.3, 0.4) is 0 Å². The molecule has 0 aliphatic carbocycles. The summed E-state index contributed by atoms with van der Waals surface area (Å²) in [5, 5.41) is 0. The van der Waals surface area contributed by atoms with Crippen LogP contribution in [-0.4, -0.2) is 95.3 Å². The molecule has 4 fully saturated rings. The largest absolute Gasteiger partial charge is 0.462 e. The van der Waals surface area contributed by atoms with Crippen LogP contribution >= 0.6 is 0 Å². The average Bonchev–Trinajstić information content (AvgIpc) is 3.45. The Hall–Kier alpha value is -4.82. The predicted molar refractivity (Wildman–Crippen MR) is 222 cm³/mol. The van der Waals surface area contributed by atoms with E-state index in [1.165, 1.54) is 0 Å². The Morgan fingerprint density at radius 1 is 0.475 bits per heavy atom. The van der Waals surface area contributed by atoms with Crippen molar-refractivity contribution in [3.8, 4) is 23.0 Å². The minimum absolute atomic E-state index is 0.151. The van der Waals surface area contributed by atoms with Crippen LogP contribution in [0.15, 0.2) is 36.4 Å². The van der Waals surface area contributed by atoms with Gasteiger partial charge in [-0.15, -0.1) is 0 Å². The number of carbonyl (C=O) groups excluding carboxylic acids is 6. The second-order valence-corrected chi connectivity index (χ2v) is 17.7. The molecule has 0 aromatic heterocycles. The summed E-state index contributed by atoms with van der Waals surface area (Å²) in [6, 6.07) is 12.0. The third-order valence-corrected chi connectivity index (χ3v) is 13.6. The molecule has 2 aromatic carbocycles. The summed E-state index contributed by atoms with van der Waals surface area (Å²) in [5.74, 6) is -1.27. The number of piperidine rings is 2. The molecule has 0 amide bonds. The fraction of sp³-hybridized carbons (Fsp3) is 0.617. The maximum Gasteiger partial charge on any atom is 0.311 e. The Morgan fingerprint density at radius 2 is 0.787 bits per heavy atom. The first-order valence-corrected chi connectivity index (χ1v) is 22.3.